The summed E-state index contributed by atoms with van der Waals surface area (Å²) >= 11 is 10.2. The van der Waals surface area contributed by atoms with Gasteiger partial charge in [0.05, 0.1) is 16.5 Å². The van der Waals surface area contributed by atoms with Gasteiger partial charge in [-0.05, 0) is 37.1 Å². The third-order valence-electron chi connectivity index (χ3n) is 3.93. The highest BCUT2D eigenvalue weighted by Crippen LogP contribution is 2.31. The van der Waals surface area contributed by atoms with E-state index in [9.17, 15) is 4.79 Å². The number of Topliss-reactive ketones (excluding diaryl/α,β-unsaturated/α-hetero) is 1. The lowest BCUT2D eigenvalue weighted by molar-refractivity contribution is -0.112. The number of allylic oxidation sites excluding steroid dienone is 6. The maximum atomic E-state index is 11.9. The summed E-state index contributed by atoms with van der Waals surface area (Å²) in [5.41, 5.74) is 5.26. The van der Waals surface area contributed by atoms with Gasteiger partial charge in [0.15, 0.2) is 5.78 Å². The Kier molecular flexibility index (Phi) is 5.51. The monoisotopic (exact) mass is 368 g/mol. The molecule has 0 bridgehead atoms. The zero-order valence-corrected chi connectivity index (χ0v) is 15.4. The number of rotatable bonds is 4. The van der Waals surface area contributed by atoms with Crippen molar-refractivity contribution in [2.45, 2.75) is 13.3 Å². The molecule has 5 heteroatoms. The predicted octanol–water partition coefficient (Wildman–Crippen LogP) is 4.87. The topological polar surface area (TPSA) is 42.9 Å². The quantitative estimate of drug-likeness (QED) is 0.782. The number of carbonyl (C=O) groups excluding carboxylic acids is 1. The van der Waals surface area contributed by atoms with E-state index in [-0.39, 0.29) is 11.5 Å². The van der Waals surface area contributed by atoms with Gasteiger partial charge in [0.25, 0.3) is 0 Å². The lowest BCUT2D eigenvalue weighted by Gasteiger charge is -2.10. The first-order chi connectivity index (χ1) is 12.1. The molecule has 3 nitrogen and oxygen atoms in total. The molecule has 0 N–H and O–H groups in total. The van der Waals surface area contributed by atoms with Crippen LogP contribution < -0.4 is 0 Å². The first-order valence-corrected chi connectivity index (χ1v) is 8.91. The average molecular weight is 369 g/mol. The van der Waals surface area contributed by atoms with Crippen LogP contribution in [0.2, 0.25) is 5.02 Å². The zero-order valence-electron chi connectivity index (χ0n) is 13.7. The van der Waals surface area contributed by atoms with Crippen LogP contribution in [0.4, 0.5) is 0 Å². The number of hydrogen-bond donors (Lipinski definition) is 1. The summed E-state index contributed by atoms with van der Waals surface area (Å²) in [6.07, 6.45) is 11.8. The maximum Gasteiger partial charge on any atom is 0.172 e. The minimum absolute atomic E-state index is 0.0152. The summed E-state index contributed by atoms with van der Waals surface area (Å²) in [5, 5.41) is 0.567. The molecule has 0 unspecified atom stereocenters. The van der Waals surface area contributed by atoms with Crippen LogP contribution in [-0.4, -0.2) is 21.5 Å². The molecule has 0 radical (unpaired) electrons. The Hall–Kier alpha value is -2.17. The van der Waals surface area contributed by atoms with Crippen molar-refractivity contribution in [1.29, 1.82) is 0 Å². The van der Waals surface area contributed by atoms with Crippen LogP contribution in [0.15, 0.2) is 60.5 Å². The second-order valence-corrected chi connectivity index (χ2v) is 6.46. The van der Waals surface area contributed by atoms with E-state index >= 15 is 0 Å². The Balaban J connectivity index is 2.03. The van der Waals surface area contributed by atoms with E-state index in [1.54, 1.807) is 6.20 Å². The minimum atomic E-state index is 0.0152. The molecule has 0 saturated carbocycles. The van der Waals surface area contributed by atoms with Gasteiger partial charge in [0.2, 0.25) is 0 Å². The lowest BCUT2D eigenvalue weighted by Crippen LogP contribution is -2.01. The number of pyridine rings is 2. The summed E-state index contributed by atoms with van der Waals surface area (Å²) in [6, 6.07) is 5.85. The van der Waals surface area contributed by atoms with Crippen LogP contribution >= 0.6 is 24.2 Å². The Morgan fingerprint density at radius 1 is 1.20 bits per heavy atom. The van der Waals surface area contributed by atoms with Crippen LogP contribution in [0, 0.1) is 6.92 Å². The SMILES string of the molecule is Cc1ccc(-c2ncc(Cl)cc2C2=CCC=C(C(=O)CS)C=C2)cn1. The Morgan fingerprint density at radius 3 is 2.76 bits per heavy atom. The second kappa shape index (κ2) is 7.81. The van der Waals surface area contributed by atoms with E-state index in [1.807, 2.05) is 49.5 Å². The molecule has 1 aliphatic rings. The number of nitrogens with zero attached hydrogens (tertiary/aromatic N) is 2. The second-order valence-electron chi connectivity index (χ2n) is 5.71. The number of thiol groups is 1. The molecular weight excluding hydrogens is 352 g/mol. The van der Waals surface area contributed by atoms with Crippen LogP contribution in [0.5, 0.6) is 0 Å². The highest BCUT2D eigenvalue weighted by atomic mass is 35.5. The van der Waals surface area contributed by atoms with Crippen molar-refractivity contribution < 1.29 is 4.79 Å². The average Bonchev–Trinajstić information content (AvgIpc) is 2.88. The molecule has 2 aromatic heterocycles. The van der Waals surface area contributed by atoms with Crippen molar-refractivity contribution >= 4 is 35.6 Å². The van der Waals surface area contributed by atoms with Gasteiger partial charge in [0.1, 0.15) is 0 Å². The predicted molar refractivity (Wildman–Crippen MR) is 106 cm³/mol. The fraction of sp³-hybridized carbons (Fsp3) is 0.150. The van der Waals surface area contributed by atoms with Gasteiger partial charge >= 0.3 is 0 Å². The normalized spacial score (nSPS) is 13.9. The van der Waals surface area contributed by atoms with E-state index in [0.29, 0.717) is 17.0 Å². The summed E-state index contributed by atoms with van der Waals surface area (Å²) in [4.78, 5) is 20.7. The van der Waals surface area contributed by atoms with Crippen LogP contribution in [0.25, 0.3) is 16.8 Å². The van der Waals surface area contributed by atoms with Crippen molar-refractivity contribution in [3.05, 3.63) is 76.7 Å². The first-order valence-electron chi connectivity index (χ1n) is 7.90. The molecule has 0 amide bonds. The summed E-state index contributed by atoms with van der Waals surface area (Å²) in [7, 11) is 0. The van der Waals surface area contributed by atoms with Crippen molar-refractivity contribution in [3.63, 3.8) is 0 Å². The van der Waals surface area contributed by atoms with E-state index in [0.717, 1.165) is 28.1 Å². The minimum Gasteiger partial charge on any atom is -0.293 e. The Labute approximate surface area is 157 Å². The largest absolute Gasteiger partial charge is 0.293 e. The molecule has 25 heavy (non-hydrogen) atoms. The first kappa shape index (κ1) is 17.6. The van der Waals surface area contributed by atoms with Gasteiger partial charge in [-0.15, -0.1) is 0 Å². The van der Waals surface area contributed by atoms with Crippen molar-refractivity contribution in [3.8, 4) is 11.3 Å². The fourth-order valence-corrected chi connectivity index (χ4v) is 2.96. The standard InChI is InChI=1S/C20H17ClN2OS/c1-13-5-6-16(10-22-13)20-18(9-17(21)11-23-20)14-3-2-4-15(8-7-14)19(24)12-25/h3-11,25H,2,12H2,1H3. The molecule has 1 aliphatic carbocycles. The Bertz CT molecular complexity index is 898. The van der Waals surface area contributed by atoms with Gasteiger partial charge in [-0.2, -0.15) is 12.6 Å². The number of aromatic nitrogens is 2. The summed E-state index contributed by atoms with van der Waals surface area (Å²) in [5.74, 6) is 0.214. The summed E-state index contributed by atoms with van der Waals surface area (Å²) < 4.78 is 0. The van der Waals surface area contributed by atoms with Crippen LogP contribution in [0.1, 0.15) is 17.7 Å². The molecule has 0 aromatic carbocycles. The Morgan fingerprint density at radius 2 is 2.04 bits per heavy atom. The fourth-order valence-electron chi connectivity index (χ4n) is 2.62. The lowest BCUT2D eigenvalue weighted by atomic mass is 9.99. The molecule has 2 heterocycles. The van der Waals surface area contributed by atoms with Gasteiger partial charge in [-0.1, -0.05) is 35.9 Å². The highest BCUT2D eigenvalue weighted by molar-refractivity contribution is 7.81. The molecule has 0 spiro atoms. The molecule has 0 atom stereocenters. The molecule has 0 fully saturated rings. The smallest absolute Gasteiger partial charge is 0.172 e. The van der Waals surface area contributed by atoms with Gasteiger partial charge in [-0.3, -0.25) is 14.8 Å². The molecule has 126 valence electrons. The van der Waals surface area contributed by atoms with Gasteiger partial charge < -0.3 is 0 Å². The van der Waals surface area contributed by atoms with Crippen molar-refractivity contribution in [2.75, 3.05) is 5.75 Å². The van der Waals surface area contributed by atoms with Crippen LogP contribution in [0.3, 0.4) is 0 Å². The number of halogens is 1. The number of ketones is 1. The summed E-state index contributed by atoms with van der Waals surface area (Å²) in [6.45, 7) is 1.95. The molecule has 0 aliphatic heterocycles. The third-order valence-corrected chi connectivity index (χ3v) is 4.43. The molecule has 2 aromatic rings. The molecule has 3 rings (SSSR count). The van der Waals surface area contributed by atoms with E-state index in [4.69, 9.17) is 11.6 Å². The molecule has 0 saturated heterocycles. The van der Waals surface area contributed by atoms with Gasteiger partial charge in [-0.25, -0.2) is 0 Å². The third kappa shape index (κ3) is 4.09. The van der Waals surface area contributed by atoms with Gasteiger partial charge in [0, 0.05) is 34.8 Å². The zero-order chi connectivity index (χ0) is 17.8. The van der Waals surface area contributed by atoms with Crippen LogP contribution in [-0.2, 0) is 4.79 Å². The van der Waals surface area contributed by atoms with E-state index in [2.05, 4.69) is 28.7 Å². The number of hydrogen-bond acceptors (Lipinski definition) is 4. The van der Waals surface area contributed by atoms with Crippen molar-refractivity contribution in [1.82, 2.24) is 9.97 Å². The number of carbonyl (C=O) groups is 1. The van der Waals surface area contributed by atoms with E-state index in [1.165, 1.54) is 0 Å². The maximum absolute atomic E-state index is 11.9. The molecular formula is C20H17ClN2OS. The highest BCUT2D eigenvalue weighted by Gasteiger charge is 2.13. The van der Waals surface area contributed by atoms with E-state index < -0.39 is 0 Å². The van der Waals surface area contributed by atoms with Crippen molar-refractivity contribution in [2.24, 2.45) is 0 Å². The number of aryl methyl sites for hydroxylation is 1.